The SMILES string of the molecule is Cc1cnc2ccc(-c3nc(C(=O)NC[C@@H]4CCN(C(=O)N(C)C)C4)c(N)nc3-c3ccc[nH]3)cn12. The van der Waals surface area contributed by atoms with Crippen molar-refractivity contribution in [1.82, 2.24) is 39.5 Å². The summed E-state index contributed by atoms with van der Waals surface area (Å²) >= 11 is 0. The van der Waals surface area contributed by atoms with Crippen molar-refractivity contribution in [2.45, 2.75) is 13.3 Å². The highest BCUT2D eigenvalue weighted by atomic mass is 16.2. The molecule has 0 radical (unpaired) electrons. The van der Waals surface area contributed by atoms with Crippen LogP contribution in [0.2, 0.25) is 0 Å². The third kappa shape index (κ3) is 4.35. The molecule has 1 fully saturated rings. The van der Waals surface area contributed by atoms with Crippen LogP contribution in [0.15, 0.2) is 42.9 Å². The molecule has 36 heavy (non-hydrogen) atoms. The molecule has 1 atom stereocenters. The van der Waals surface area contributed by atoms with Crippen LogP contribution in [0, 0.1) is 12.8 Å². The average Bonchev–Trinajstić information content (AvgIpc) is 3.63. The number of H-pyrrole nitrogens is 1. The Labute approximate surface area is 208 Å². The van der Waals surface area contributed by atoms with E-state index >= 15 is 0 Å². The molecule has 11 nitrogen and oxygen atoms in total. The van der Waals surface area contributed by atoms with E-state index in [1.165, 1.54) is 0 Å². The number of aryl methyl sites for hydroxylation is 1. The van der Waals surface area contributed by atoms with Crippen molar-refractivity contribution >= 4 is 23.4 Å². The van der Waals surface area contributed by atoms with Gasteiger partial charge in [-0.1, -0.05) is 0 Å². The second kappa shape index (κ2) is 9.33. The Morgan fingerprint density at radius 3 is 2.81 bits per heavy atom. The molecule has 5 rings (SSSR count). The Hall–Kier alpha value is -4.41. The largest absolute Gasteiger partial charge is 0.382 e. The summed E-state index contributed by atoms with van der Waals surface area (Å²) in [5.74, 6) is -0.176. The molecule has 1 saturated heterocycles. The molecular formula is C25H29N9O2. The van der Waals surface area contributed by atoms with E-state index in [9.17, 15) is 9.59 Å². The number of hydrogen-bond acceptors (Lipinski definition) is 6. The molecule has 4 N–H and O–H groups in total. The van der Waals surface area contributed by atoms with Crippen molar-refractivity contribution in [1.29, 1.82) is 0 Å². The van der Waals surface area contributed by atoms with Gasteiger partial charge in [0.05, 0.1) is 5.69 Å². The standard InChI is InChI=1S/C25H29N9O2/c1-15-11-28-19-7-6-17(14-34(15)19)20-21(18-5-4-9-27-18)31-23(26)22(30-20)24(35)29-12-16-8-10-33(13-16)25(36)32(2)3/h4-7,9,11,14,16,27H,8,10,12-13H2,1-3H3,(H2,26,31)(H,29,35)/t16-/m0/s1. The minimum atomic E-state index is -0.392. The molecule has 11 heteroatoms. The molecule has 0 spiro atoms. The summed E-state index contributed by atoms with van der Waals surface area (Å²) in [4.78, 5) is 45.5. The van der Waals surface area contributed by atoms with Gasteiger partial charge < -0.3 is 30.2 Å². The zero-order chi connectivity index (χ0) is 25.4. The maximum absolute atomic E-state index is 13.1. The Morgan fingerprint density at radius 1 is 1.22 bits per heavy atom. The number of urea groups is 1. The number of carbonyl (C=O) groups is 2. The summed E-state index contributed by atoms with van der Waals surface area (Å²) in [6.07, 6.45) is 6.35. The van der Waals surface area contributed by atoms with Gasteiger partial charge in [-0.05, 0) is 43.5 Å². The van der Waals surface area contributed by atoms with Crippen LogP contribution in [-0.2, 0) is 0 Å². The number of likely N-dealkylation sites (tertiary alicyclic amines) is 1. The molecule has 0 aliphatic carbocycles. The minimum Gasteiger partial charge on any atom is -0.382 e. The summed E-state index contributed by atoms with van der Waals surface area (Å²) < 4.78 is 1.96. The number of rotatable bonds is 5. The summed E-state index contributed by atoms with van der Waals surface area (Å²) in [7, 11) is 3.47. The molecule has 4 aromatic rings. The number of fused-ring (bicyclic) bond motifs is 1. The highest BCUT2D eigenvalue weighted by molar-refractivity contribution is 5.98. The molecule has 0 saturated carbocycles. The number of nitrogen functional groups attached to an aromatic ring is 1. The van der Waals surface area contributed by atoms with Gasteiger partial charge in [0, 0.05) is 63.6 Å². The number of amides is 3. The van der Waals surface area contributed by atoms with Gasteiger partial charge >= 0.3 is 6.03 Å². The van der Waals surface area contributed by atoms with E-state index in [0.717, 1.165) is 29.0 Å². The number of nitrogens with two attached hydrogens (primary N) is 1. The molecule has 4 aromatic heterocycles. The van der Waals surface area contributed by atoms with E-state index in [2.05, 4.69) is 20.3 Å². The van der Waals surface area contributed by atoms with Gasteiger partial charge in [-0.15, -0.1) is 0 Å². The molecular weight excluding hydrogens is 458 g/mol. The smallest absolute Gasteiger partial charge is 0.319 e. The van der Waals surface area contributed by atoms with Crippen molar-refractivity contribution in [2.24, 2.45) is 5.92 Å². The van der Waals surface area contributed by atoms with Gasteiger partial charge in [0.15, 0.2) is 11.5 Å². The summed E-state index contributed by atoms with van der Waals surface area (Å²) in [5, 5.41) is 2.94. The third-order valence-corrected chi connectivity index (χ3v) is 6.45. The van der Waals surface area contributed by atoms with Crippen molar-refractivity contribution in [2.75, 3.05) is 39.5 Å². The number of imidazole rings is 1. The Balaban J connectivity index is 1.43. The Bertz CT molecular complexity index is 1430. The monoisotopic (exact) mass is 487 g/mol. The molecule has 3 amide bonds. The lowest BCUT2D eigenvalue weighted by Gasteiger charge is -2.21. The number of carbonyl (C=O) groups excluding carboxylic acids is 2. The molecule has 0 aromatic carbocycles. The first kappa shape index (κ1) is 23.3. The Morgan fingerprint density at radius 2 is 2.06 bits per heavy atom. The van der Waals surface area contributed by atoms with Gasteiger partial charge in [-0.3, -0.25) is 4.79 Å². The van der Waals surface area contributed by atoms with Crippen LogP contribution in [0.3, 0.4) is 0 Å². The molecule has 186 valence electrons. The van der Waals surface area contributed by atoms with Crippen LogP contribution in [0.25, 0.3) is 28.3 Å². The lowest BCUT2D eigenvalue weighted by molar-refractivity contribution is 0.0943. The second-order valence-corrected chi connectivity index (χ2v) is 9.27. The molecule has 1 aliphatic heterocycles. The van der Waals surface area contributed by atoms with Gasteiger partial charge in [0.2, 0.25) is 0 Å². The number of nitrogens with zero attached hydrogens (tertiary/aromatic N) is 6. The van der Waals surface area contributed by atoms with Gasteiger partial charge in [0.25, 0.3) is 5.91 Å². The first-order chi connectivity index (χ1) is 17.3. The predicted octanol–water partition coefficient (Wildman–Crippen LogP) is 2.41. The van der Waals surface area contributed by atoms with Crippen molar-refractivity contribution in [3.05, 3.63) is 54.2 Å². The lowest BCUT2D eigenvalue weighted by Crippen LogP contribution is -2.38. The quantitative estimate of drug-likeness (QED) is 0.395. The predicted molar refractivity (Wildman–Crippen MR) is 136 cm³/mol. The highest BCUT2D eigenvalue weighted by Gasteiger charge is 2.28. The first-order valence-corrected chi connectivity index (χ1v) is 11.8. The normalized spacial score (nSPS) is 15.4. The van der Waals surface area contributed by atoms with E-state index in [4.69, 9.17) is 10.7 Å². The molecule has 5 heterocycles. The number of aromatic nitrogens is 5. The van der Waals surface area contributed by atoms with E-state index in [1.54, 1.807) is 36.3 Å². The molecule has 1 aliphatic rings. The summed E-state index contributed by atoms with van der Waals surface area (Å²) in [6, 6.07) is 7.54. The van der Waals surface area contributed by atoms with Gasteiger partial charge in [-0.25, -0.2) is 19.7 Å². The van der Waals surface area contributed by atoms with Crippen molar-refractivity contribution < 1.29 is 9.59 Å². The highest BCUT2D eigenvalue weighted by Crippen LogP contribution is 2.30. The van der Waals surface area contributed by atoms with Crippen molar-refractivity contribution in [3.63, 3.8) is 0 Å². The third-order valence-electron chi connectivity index (χ3n) is 6.45. The van der Waals surface area contributed by atoms with Gasteiger partial charge in [-0.2, -0.15) is 0 Å². The topological polar surface area (TPSA) is 138 Å². The van der Waals surface area contributed by atoms with Crippen LogP contribution < -0.4 is 11.1 Å². The zero-order valence-corrected chi connectivity index (χ0v) is 20.5. The number of pyridine rings is 1. The molecule has 0 unspecified atom stereocenters. The minimum absolute atomic E-state index is 0.0198. The lowest BCUT2D eigenvalue weighted by atomic mass is 10.1. The number of anilines is 1. The fourth-order valence-corrected chi connectivity index (χ4v) is 4.50. The van der Waals surface area contributed by atoms with Crippen LogP contribution in [0.5, 0.6) is 0 Å². The zero-order valence-electron chi connectivity index (χ0n) is 20.5. The Kier molecular flexibility index (Phi) is 6.05. The summed E-state index contributed by atoms with van der Waals surface area (Å²) in [5.41, 5.74) is 10.7. The van der Waals surface area contributed by atoms with Crippen LogP contribution in [0.1, 0.15) is 22.6 Å². The van der Waals surface area contributed by atoms with Crippen LogP contribution in [0.4, 0.5) is 10.6 Å². The van der Waals surface area contributed by atoms with Crippen LogP contribution in [-0.4, -0.2) is 79.8 Å². The second-order valence-electron chi connectivity index (χ2n) is 9.27. The molecule has 0 bridgehead atoms. The fraction of sp³-hybridized carbons (Fsp3) is 0.320. The van der Waals surface area contributed by atoms with Crippen molar-refractivity contribution in [3.8, 4) is 22.6 Å². The van der Waals surface area contributed by atoms with E-state index in [1.807, 2.05) is 41.8 Å². The maximum Gasteiger partial charge on any atom is 0.319 e. The maximum atomic E-state index is 13.1. The fourth-order valence-electron chi connectivity index (χ4n) is 4.50. The summed E-state index contributed by atoms with van der Waals surface area (Å²) in [6.45, 7) is 3.66. The average molecular weight is 488 g/mol. The number of aromatic amines is 1. The van der Waals surface area contributed by atoms with Crippen LogP contribution >= 0.6 is 0 Å². The van der Waals surface area contributed by atoms with E-state index in [0.29, 0.717) is 31.0 Å². The van der Waals surface area contributed by atoms with Gasteiger partial charge in [0.1, 0.15) is 17.0 Å². The van der Waals surface area contributed by atoms with E-state index in [-0.39, 0.29) is 23.5 Å². The number of hydrogen-bond donors (Lipinski definition) is 3. The first-order valence-electron chi connectivity index (χ1n) is 11.8. The van der Waals surface area contributed by atoms with E-state index < -0.39 is 5.91 Å². The number of nitrogens with one attached hydrogen (secondary N) is 2.